The van der Waals surface area contributed by atoms with Crippen molar-refractivity contribution in [2.45, 2.75) is 16.1 Å². The molecule has 244 valence electrons. The SMILES string of the molecule is C1=CC2c3cc(-n4c5ccccc5c5cc(-c6ccc7sc8ccccc8c7c6)ccc54)ccc3SC2c2c1n(-c1ccccc1)c1ccccc21. The fourth-order valence-corrected chi connectivity index (χ4v) is 11.6. The van der Waals surface area contributed by atoms with Gasteiger partial charge in [-0.15, -0.1) is 23.1 Å². The molecule has 2 atom stereocenters. The van der Waals surface area contributed by atoms with Crippen molar-refractivity contribution in [3.8, 4) is 22.5 Å². The molecule has 0 amide bonds. The Morgan fingerprint density at radius 2 is 1.13 bits per heavy atom. The minimum Gasteiger partial charge on any atom is -0.310 e. The molecule has 0 saturated heterocycles. The summed E-state index contributed by atoms with van der Waals surface area (Å²) in [7, 11) is 0. The van der Waals surface area contributed by atoms with E-state index in [1.54, 1.807) is 0 Å². The largest absolute Gasteiger partial charge is 0.310 e. The second-order valence-electron chi connectivity index (χ2n) is 14.0. The monoisotopic (exact) mass is 698 g/mol. The molecule has 0 radical (unpaired) electrons. The number of hydrogen-bond acceptors (Lipinski definition) is 2. The van der Waals surface area contributed by atoms with Gasteiger partial charge < -0.3 is 9.13 Å². The third kappa shape index (κ3) is 4.02. The van der Waals surface area contributed by atoms with Gasteiger partial charge in [-0.3, -0.25) is 0 Å². The molecular formula is C48H30N2S2. The first-order valence-electron chi connectivity index (χ1n) is 17.9. The van der Waals surface area contributed by atoms with Crippen LogP contribution in [-0.2, 0) is 0 Å². The highest BCUT2D eigenvalue weighted by atomic mass is 32.2. The number of rotatable bonds is 3. The number of allylic oxidation sites excluding steroid dienone is 1. The molecule has 2 nitrogen and oxygen atoms in total. The first kappa shape index (κ1) is 28.8. The normalized spacial score (nSPS) is 16.3. The first-order chi connectivity index (χ1) is 25.8. The number of aromatic nitrogens is 2. The van der Waals surface area contributed by atoms with E-state index >= 15 is 0 Å². The lowest BCUT2D eigenvalue weighted by atomic mass is 9.86. The van der Waals surface area contributed by atoms with E-state index in [-0.39, 0.29) is 0 Å². The van der Waals surface area contributed by atoms with Gasteiger partial charge in [0, 0.05) is 63.8 Å². The van der Waals surface area contributed by atoms with E-state index in [1.165, 1.54) is 97.1 Å². The van der Waals surface area contributed by atoms with Crippen LogP contribution < -0.4 is 0 Å². The number of fused-ring (bicyclic) bond motifs is 13. The van der Waals surface area contributed by atoms with Crippen molar-refractivity contribution in [1.82, 2.24) is 9.13 Å². The van der Waals surface area contributed by atoms with Gasteiger partial charge in [0.25, 0.3) is 0 Å². The highest BCUT2D eigenvalue weighted by Crippen LogP contribution is 2.60. The Morgan fingerprint density at radius 1 is 0.462 bits per heavy atom. The summed E-state index contributed by atoms with van der Waals surface area (Å²) in [4.78, 5) is 1.38. The maximum Gasteiger partial charge on any atom is 0.0541 e. The Labute approximate surface area is 308 Å². The molecule has 0 bridgehead atoms. The standard InChI is InChI=1S/C48H30N2S2/c1-2-10-31(11-3-1)49-41-16-8-5-14-36(41)47-43(49)23-21-35-39-28-32(20-25-46(39)52-48(35)47)50-40-15-7-4-12-33(40)37-26-29(18-22-42(37)50)30-19-24-45-38(27-30)34-13-6-9-17-44(34)51-45/h1-28,35,48H. The Kier molecular flexibility index (Phi) is 6.02. The molecule has 7 aromatic carbocycles. The second kappa shape index (κ2) is 10.8. The molecule has 0 fully saturated rings. The van der Waals surface area contributed by atoms with Crippen LogP contribution in [0.5, 0.6) is 0 Å². The number of para-hydroxylation sites is 3. The van der Waals surface area contributed by atoms with E-state index in [0.29, 0.717) is 11.2 Å². The molecule has 4 heteroatoms. The molecule has 0 N–H and O–H groups in total. The number of thiophene rings is 1. The quantitative estimate of drug-likeness (QED) is 0.179. The fraction of sp³-hybridized carbons (Fsp3) is 0.0417. The van der Waals surface area contributed by atoms with Crippen LogP contribution in [0.4, 0.5) is 0 Å². The molecule has 52 heavy (non-hydrogen) atoms. The first-order valence-corrected chi connectivity index (χ1v) is 19.6. The molecule has 4 heterocycles. The van der Waals surface area contributed by atoms with Gasteiger partial charge in [-0.05, 0) is 101 Å². The Bertz CT molecular complexity index is 3120. The van der Waals surface area contributed by atoms with Crippen molar-refractivity contribution in [2.75, 3.05) is 0 Å². The summed E-state index contributed by atoms with van der Waals surface area (Å²) in [6.45, 7) is 0. The zero-order valence-corrected chi connectivity index (χ0v) is 29.7. The van der Waals surface area contributed by atoms with Gasteiger partial charge in [-0.25, -0.2) is 0 Å². The van der Waals surface area contributed by atoms with Gasteiger partial charge in [-0.1, -0.05) is 91.0 Å². The van der Waals surface area contributed by atoms with Crippen LogP contribution in [0, 0.1) is 0 Å². The average molecular weight is 699 g/mol. The van der Waals surface area contributed by atoms with Gasteiger partial charge in [0.2, 0.25) is 0 Å². The van der Waals surface area contributed by atoms with E-state index in [4.69, 9.17) is 0 Å². The van der Waals surface area contributed by atoms with Gasteiger partial charge >= 0.3 is 0 Å². The third-order valence-corrected chi connectivity index (χ3v) is 13.8. The van der Waals surface area contributed by atoms with Crippen molar-refractivity contribution in [3.63, 3.8) is 0 Å². The number of hydrogen-bond donors (Lipinski definition) is 0. The summed E-state index contributed by atoms with van der Waals surface area (Å²) in [5.41, 5.74) is 12.9. The molecule has 2 unspecified atom stereocenters. The lowest BCUT2D eigenvalue weighted by Gasteiger charge is -2.22. The number of benzene rings is 7. The average Bonchev–Trinajstić information content (AvgIpc) is 3.95. The van der Waals surface area contributed by atoms with Crippen LogP contribution in [0.25, 0.3) is 81.5 Å². The van der Waals surface area contributed by atoms with E-state index < -0.39 is 0 Å². The van der Waals surface area contributed by atoms with E-state index in [0.717, 1.165) is 0 Å². The van der Waals surface area contributed by atoms with Gasteiger partial charge in [0.15, 0.2) is 0 Å². The number of nitrogens with zero attached hydrogens (tertiary/aromatic N) is 2. The summed E-state index contributed by atoms with van der Waals surface area (Å²) in [5.74, 6) is 0.310. The summed E-state index contributed by atoms with van der Waals surface area (Å²) >= 11 is 3.90. The van der Waals surface area contributed by atoms with E-state index in [9.17, 15) is 0 Å². The van der Waals surface area contributed by atoms with Gasteiger partial charge in [-0.2, -0.15) is 0 Å². The second-order valence-corrected chi connectivity index (χ2v) is 16.3. The summed E-state index contributed by atoms with van der Waals surface area (Å²) in [6, 6.07) is 58.5. The van der Waals surface area contributed by atoms with Crippen LogP contribution in [0.1, 0.15) is 28.0 Å². The van der Waals surface area contributed by atoms with Gasteiger partial charge in [0.1, 0.15) is 0 Å². The molecular weight excluding hydrogens is 669 g/mol. The Morgan fingerprint density at radius 3 is 2.00 bits per heavy atom. The smallest absolute Gasteiger partial charge is 0.0541 e. The third-order valence-electron chi connectivity index (χ3n) is 11.3. The maximum absolute atomic E-state index is 2.47. The molecule has 1 aliphatic heterocycles. The maximum atomic E-state index is 2.47. The van der Waals surface area contributed by atoms with Crippen molar-refractivity contribution in [2.24, 2.45) is 0 Å². The molecule has 0 saturated carbocycles. The molecule has 1 aliphatic carbocycles. The van der Waals surface area contributed by atoms with Crippen molar-refractivity contribution < 1.29 is 0 Å². The van der Waals surface area contributed by atoms with Gasteiger partial charge in [0.05, 0.1) is 22.2 Å². The van der Waals surface area contributed by atoms with Crippen LogP contribution >= 0.6 is 23.1 Å². The summed E-state index contributed by atoms with van der Waals surface area (Å²) < 4.78 is 7.60. The van der Waals surface area contributed by atoms with Crippen molar-refractivity contribution >= 4 is 82.1 Å². The lowest BCUT2D eigenvalue weighted by molar-refractivity contribution is 0.816. The van der Waals surface area contributed by atoms with Crippen LogP contribution in [0.3, 0.4) is 0 Å². The molecule has 0 spiro atoms. The minimum atomic E-state index is 0.310. The molecule has 10 aromatic rings. The van der Waals surface area contributed by atoms with Crippen LogP contribution in [-0.4, -0.2) is 9.13 Å². The highest BCUT2D eigenvalue weighted by Gasteiger charge is 2.39. The zero-order valence-electron chi connectivity index (χ0n) is 28.0. The lowest BCUT2D eigenvalue weighted by Crippen LogP contribution is -2.08. The van der Waals surface area contributed by atoms with E-state index in [2.05, 4.69) is 179 Å². The summed E-state index contributed by atoms with van der Waals surface area (Å²) in [5, 5.41) is 6.93. The van der Waals surface area contributed by atoms with Crippen LogP contribution in [0.2, 0.25) is 0 Å². The van der Waals surface area contributed by atoms with Crippen molar-refractivity contribution in [3.05, 3.63) is 181 Å². The molecule has 3 aromatic heterocycles. The predicted molar refractivity (Wildman–Crippen MR) is 223 cm³/mol. The number of thioether (sulfide) groups is 1. The minimum absolute atomic E-state index is 0.310. The predicted octanol–water partition coefficient (Wildman–Crippen LogP) is 13.7. The molecule has 12 rings (SSSR count). The van der Waals surface area contributed by atoms with E-state index in [1.807, 2.05) is 23.1 Å². The molecule has 2 aliphatic rings. The topological polar surface area (TPSA) is 9.86 Å². The Hall–Kier alpha value is -5.81. The zero-order chi connectivity index (χ0) is 33.9. The summed E-state index contributed by atoms with van der Waals surface area (Å²) in [6.07, 6.45) is 4.84. The Balaban J connectivity index is 0.985. The highest BCUT2D eigenvalue weighted by molar-refractivity contribution is 8.00. The van der Waals surface area contributed by atoms with Crippen molar-refractivity contribution in [1.29, 1.82) is 0 Å². The fourth-order valence-electron chi connectivity index (χ4n) is 8.99. The van der Waals surface area contributed by atoms with Crippen LogP contribution in [0.15, 0.2) is 169 Å².